The van der Waals surface area contributed by atoms with Gasteiger partial charge in [-0.1, -0.05) is 12.1 Å². The molecule has 0 saturated carbocycles. The third-order valence-electron chi connectivity index (χ3n) is 2.90. The van der Waals surface area contributed by atoms with Crippen LogP contribution in [-0.4, -0.2) is 27.3 Å². The van der Waals surface area contributed by atoms with Gasteiger partial charge in [0.05, 0.1) is 6.42 Å². The SMILES string of the molecule is C=CCN(Cc1cccnc1)C(=O)Cc1ccncc1. The highest BCUT2D eigenvalue weighted by Crippen LogP contribution is 2.07. The summed E-state index contributed by atoms with van der Waals surface area (Å²) in [5.41, 5.74) is 1.97. The maximum absolute atomic E-state index is 12.3. The van der Waals surface area contributed by atoms with Gasteiger partial charge in [0.15, 0.2) is 0 Å². The molecule has 2 rings (SSSR count). The number of aromatic nitrogens is 2. The number of carbonyl (C=O) groups excluding carboxylic acids is 1. The Labute approximate surface area is 118 Å². The molecule has 0 aliphatic rings. The summed E-state index contributed by atoms with van der Waals surface area (Å²) in [7, 11) is 0. The van der Waals surface area contributed by atoms with Crippen LogP contribution in [0, 0.1) is 0 Å². The molecule has 2 heterocycles. The van der Waals surface area contributed by atoms with Crippen LogP contribution >= 0.6 is 0 Å². The molecule has 2 aromatic heterocycles. The van der Waals surface area contributed by atoms with Crippen molar-refractivity contribution in [2.24, 2.45) is 0 Å². The molecule has 0 atom stereocenters. The van der Waals surface area contributed by atoms with Crippen molar-refractivity contribution in [1.82, 2.24) is 14.9 Å². The maximum atomic E-state index is 12.3. The summed E-state index contributed by atoms with van der Waals surface area (Å²) in [6.45, 7) is 4.78. The van der Waals surface area contributed by atoms with Crippen molar-refractivity contribution in [3.63, 3.8) is 0 Å². The Kier molecular flexibility index (Phi) is 5.00. The number of nitrogens with zero attached hydrogens (tertiary/aromatic N) is 3. The molecule has 0 N–H and O–H groups in total. The second-order valence-electron chi connectivity index (χ2n) is 4.46. The zero-order valence-corrected chi connectivity index (χ0v) is 11.3. The van der Waals surface area contributed by atoms with Crippen molar-refractivity contribution >= 4 is 5.91 Å². The number of rotatable bonds is 6. The molecule has 2 aromatic rings. The Morgan fingerprint density at radius 2 is 1.95 bits per heavy atom. The summed E-state index contributed by atoms with van der Waals surface area (Å²) in [6.07, 6.45) is 9.00. The molecule has 1 amide bonds. The van der Waals surface area contributed by atoms with E-state index in [1.54, 1.807) is 35.8 Å². The van der Waals surface area contributed by atoms with E-state index in [1.165, 1.54) is 0 Å². The third-order valence-corrected chi connectivity index (χ3v) is 2.90. The van der Waals surface area contributed by atoms with E-state index in [9.17, 15) is 4.79 Å². The highest BCUT2D eigenvalue weighted by Gasteiger charge is 2.13. The first-order valence-corrected chi connectivity index (χ1v) is 6.46. The average Bonchev–Trinajstić information content (AvgIpc) is 2.49. The number of amides is 1. The van der Waals surface area contributed by atoms with Gasteiger partial charge in [0.25, 0.3) is 0 Å². The van der Waals surface area contributed by atoms with Gasteiger partial charge in [-0.15, -0.1) is 6.58 Å². The van der Waals surface area contributed by atoms with Crippen LogP contribution in [0.1, 0.15) is 11.1 Å². The summed E-state index contributed by atoms with van der Waals surface area (Å²) in [4.78, 5) is 22.1. The number of carbonyl (C=O) groups is 1. The lowest BCUT2D eigenvalue weighted by Crippen LogP contribution is -2.32. The Balaban J connectivity index is 2.04. The lowest BCUT2D eigenvalue weighted by Gasteiger charge is -2.21. The monoisotopic (exact) mass is 267 g/mol. The van der Waals surface area contributed by atoms with Crippen LogP contribution < -0.4 is 0 Å². The highest BCUT2D eigenvalue weighted by atomic mass is 16.2. The van der Waals surface area contributed by atoms with Crippen LogP contribution in [0.15, 0.2) is 61.7 Å². The molecule has 0 radical (unpaired) electrons. The van der Waals surface area contributed by atoms with E-state index in [0.717, 1.165) is 11.1 Å². The standard InChI is InChI=1S/C16H17N3O/c1-2-10-19(13-15-4-3-7-18-12-15)16(20)11-14-5-8-17-9-6-14/h2-9,12H,1,10-11,13H2. The minimum Gasteiger partial charge on any atom is -0.334 e. The molecular weight excluding hydrogens is 250 g/mol. The predicted molar refractivity (Wildman–Crippen MR) is 77.8 cm³/mol. The van der Waals surface area contributed by atoms with Crippen molar-refractivity contribution in [2.75, 3.05) is 6.54 Å². The van der Waals surface area contributed by atoms with Crippen molar-refractivity contribution in [3.05, 3.63) is 72.8 Å². The zero-order valence-electron chi connectivity index (χ0n) is 11.3. The Bertz CT molecular complexity index is 554. The third kappa shape index (κ3) is 4.02. The average molecular weight is 267 g/mol. The van der Waals surface area contributed by atoms with Gasteiger partial charge in [-0.3, -0.25) is 14.8 Å². The van der Waals surface area contributed by atoms with Crippen LogP contribution in [0.5, 0.6) is 0 Å². The van der Waals surface area contributed by atoms with Gasteiger partial charge in [-0.2, -0.15) is 0 Å². The van der Waals surface area contributed by atoms with E-state index in [2.05, 4.69) is 16.5 Å². The fraction of sp³-hybridized carbons (Fsp3) is 0.188. The van der Waals surface area contributed by atoms with E-state index >= 15 is 0 Å². The summed E-state index contributed by atoms with van der Waals surface area (Å²) in [5, 5.41) is 0. The number of hydrogen-bond acceptors (Lipinski definition) is 3. The molecule has 0 spiro atoms. The molecule has 0 aliphatic carbocycles. The Morgan fingerprint density at radius 3 is 2.60 bits per heavy atom. The summed E-state index contributed by atoms with van der Waals surface area (Å²) < 4.78 is 0. The van der Waals surface area contributed by atoms with Crippen molar-refractivity contribution < 1.29 is 4.79 Å². The first kappa shape index (κ1) is 13.9. The van der Waals surface area contributed by atoms with Gasteiger partial charge >= 0.3 is 0 Å². The van der Waals surface area contributed by atoms with Crippen molar-refractivity contribution in [1.29, 1.82) is 0 Å². The highest BCUT2D eigenvalue weighted by molar-refractivity contribution is 5.78. The molecule has 0 bridgehead atoms. The van der Waals surface area contributed by atoms with Crippen LogP contribution in [-0.2, 0) is 17.8 Å². The molecule has 0 saturated heterocycles. The molecule has 0 aliphatic heterocycles. The maximum Gasteiger partial charge on any atom is 0.227 e. The van der Waals surface area contributed by atoms with Crippen LogP contribution in [0.4, 0.5) is 0 Å². The fourth-order valence-electron chi connectivity index (χ4n) is 1.91. The first-order chi connectivity index (χ1) is 9.79. The summed E-state index contributed by atoms with van der Waals surface area (Å²) >= 11 is 0. The first-order valence-electron chi connectivity index (χ1n) is 6.46. The minimum absolute atomic E-state index is 0.0694. The molecule has 102 valence electrons. The van der Waals surface area contributed by atoms with E-state index in [1.807, 2.05) is 24.3 Å². The minimum atomic E-state index is 0.0694. The van der Waals surface area contributed by atoms with Crippen LogP contribution in [0.3, 0.4) is 0 Å². The normalized spacial score (nSPS) is 10.0. The largest absolute Gasteiger partial charge is 0.334 e. The topological polar surface area (TPSA) is 46.1 Å². The van der Waals surface area contributed by atoms with Gasteiger partial charge in [-0.25, -0.2) is 0 Å². The lowest BCUT2D eigenvalue weighted by molar-refractivity contribution is -0.130. The number of hydrogen-bond donors (Lipinski definition) is 0. The van der Waals surface area contributed by atoms with Crippen molar-refractivity contribution in [3.8, 4) is 0 Å². The zero-order chi connectivity index (χ0) is 14.2. The van der Waals surface area contributed by atoms with Gasteiger partial charge in [0.1, 0.15) is 0 Å². The van der Waals surface area contributed by atoms with E-state index in [0.29, 0.717) is 19.5 Å². The molecule has 0 fully saturated rings. The van der Waals surface area contributed by atoms with E-state index in [-0.39, 0.29) is 5.91 Å². The predicted octanol–water partition coefficient (Wildman–Crippen LogP) is 2.23. The Hall–Kier alpha value is -2.49. The molecule has 0 unspecified atom stereocenters. The lowest BCUT2D eigenvalue weighted by atomic mass is 10.1. The molecule has 0 aromatic carbocycles. The van der Waals surface area contributed by atoms with Gasteiger partial charge in [0, 0.05) is 37.9 Å². The van der Waals surface area contributed by atoms with Gasteiger partial charge in [0.2, 0.25) is 5.91 Å². The quantitative estimate of drug-likeness (QED) is 0.754. The molecule has 20 heavy (non-hydrogen) atoms. The van der Waals surface area contributed by atoms with E-state index in [4.69, 9.17) is 0 Å². The second-order valence-corrected chi connectivity index (χ2v) is 4.46. The van der Waals surface area contributed by atoms with Gasteiger partial charge in [-0.05, 0) is 29.3 Å². The smallest absolute Gasteiger partial charge is 0.227 e. The van der Waals surface area contributed by atoms with E-state index < -0.39 is 0 Å². The summed E-state index contributed by atoms with van der Waals surface area (Å²) in [5.74, 6) is 0.0694. The molecular formula is C16H17N3O. The number of pyridine rings is 2. The van der Waals surface area contributed by atoms with Gasteiger partial charge < -0.3 is 4.90 Å². The second kappa shape index (κ2) is 7.19. The molecule has 4 heteroatoms. The molecule has 4 nitrogen and oxygen atoms in total. The van der Waals surface area contributed by atoms with Crippen LogP contribution in [0.25, 0.3) is 0 Å². The van der Waals surface area contributed by atoms with Crippen molar-refractivity contribution in [2.45, 2.75) is 13.0 Å². The summed E-state index contributed by atoms with van der Waals surface area (Å²) in [6, 6.07) is 7.54. The Morgan fingerprint density at radius 1 is 1.15 bits per heavy atom. The fourth-order valence-corrected chi connectivity index (χ4v) is 1.91. The van der Waals surface area contributed by atoms with Crippen LogP contribution in [0.2, 0.25) is 0 Å².